The number of rotatable bonds is 15. The maximum absolute atomic E-state index is 12.0. The van der Waals surface area contributed by atoms with Gasteiger partial charge in [-0.15, -0.1) is 0 Å². The fourth-order valence-corrected chi connectivity index (χ4v) is 3.27. The molecule has 0 unspecified atom stereocenters. The van der Waals surface area contributed by atoms with Crippen molar-refractivity contribution < 1.29 is 29.8 Å². The third-order valence-corrected chi connectivity index (χ3v) is 4.74. The first-order valence-corrected chi connectivity index (χ1v) is 10.6. The average Bonchev–Trinajstić information content (AvgIpc) is 3.28. The topological polar surface area (TPSA) is 187 Å². The zero-order valence-corrected chi connectivity index (χ0v) is 19.3. The molecule has 8 N–H and O–H groups in total. The van der Waals surface area contributed by atoms with Gasteiger partial charge in [0.05, 0.1) is 5.56 Å². The number of carbonyl (C=O) groups excluding carboxylic acids is 2. The van der Waals surface area contributed by atoms with E-state index in [9.17, 15) is 9.59 Å². The second-order valence-corrected chi connectivity index (χ2v) is 7.51. The third kappa shape index (κ3) is 7.54. The summed E-state index contributed by atoms with van der Waals surface area (Å²) in [4.78, 5) is 33.2. The first-order chi connectivity index (χ1) is 16.3. The van der Waals surface area contributed by atoms with E-state index in [4.69, 9.17) is 16.4 Å². The van der Waals surface area contributed by atoms with Crippen LogP contribution in [0.1, 0.15) is 36.7 Å². The molecule has 0 aliphatic heterocycles. The van der Waals surface area contributed by atoms with Crippen molar-refractivity contribution in [1.29, 1.82) is 5.41 Å². The van der Waals surface area contributed by atoms with Crippen molar-refractivity contribution in [3.05, 3.63) is 35.4 Å². The molecule has 0 aliphatic carbocycles. The van der Waals surface area contributed by atoms with Crippen LogP contribution >= 0.6 is 0 Å². The maximum Gasteiger partial charge on any atom is 0.263 e. The minimum Gasteiger partial charge on any atom is -0.382 e. The lowest BCUT2D eigenvalue weighted by molar-refractivity contribution is -0.621. The van der Waals surface area contributed by atoms with Crippen LogP contribution < -0.4 is 26.8 Å². The summed E-state index contributed by atoms with van der Waals surface area (Å²) in [5.41, 5.74) is 13.7. The zero-order valence-electron chi connectivity index (χ0n) is 19.3. The predicted molar refractivity (Wildman–Crippen MR) is 126 cm³/mol. The number of hydrogen-bond donors (Lipinski definition) is 7. The Morgan fingerprint density at radius 1 is 1.32 bits per heavy atom. The summed E-state index contributed by atoms with van der Waals surface area (Å²) in [6.07, 6.45) is 1.12. The van der Waals surface area contributed by atoms with Gasteiger partial charge >= 0.3 is 0 Å². The highest BCUT2D eigenvalue weighted by Gasteiger charge is 2.16. The molecule has 186 valence electrons. The molecule has 0 bridgehead atoms. The first kappa shape index (κ1) is 26.8. The van der Waals surface area contributed by atoms with Crippen LogP contribution in [0, 0.1) is 5.41 Å². The Morgan fingerprint density at radius 2 is 2.09 bits per heavy atom. The fourth-order valence-electron chi connectivity index (χ4n) is 3.27. The molecule has 0 spiro atoms. The van der Waals surface area contributed by atoms with E-state index < -0.39 is 18.4 Å². The number of benzene rings is 1. The largest absolute Gasteiger partial charge is 0.382 e. The van der Waals surface area contributed by atoms with Crippen LogP contribution in [0.5, 0.6) is 0 Å². The summed E-state index contributed by atoms with van der Waals surface area (Å²) in [6, 6.07) is 7.46. The van der Waals surface area contributed by atoms with Gasteiger partial charge in [0.15, 0.2) is 6.61 Å². The van der Waals surface area contributed by atoms with Gasteiger partial charge in [-0.05, 0) is 55.1 Å². The van der Waals surface area contributed by atoms with Gasteiger partial charge in [0, 0.05) is 54.4 Å². The lowest BCUT2D eigenvalue weighted by Gasteiger charge is -2.22. The minimum atomic E-state index is -0.608. The van der Waals surface area contributed by atoms with Crippen LogP contribution in [0.15, 0.2) is 24.3 Å². The molecular formula is C21H31N7O6. The van der Waals surface area contributed by atoms with Gasteiger partial charge in [0.25, 0.3) is 5.91 Å². The van der Waals surface area contributed by atoms with Crippen molar-refractivity contribution >= 4 is 29.5 Å². The Labute approximate surface area is 196 Å². The van der Waals surface area contributed by atoms with E-state index in [1.807, 2.05) is 39.0 Å². The van der Waals surface area contributed by atoms with E-state index in [-0.39, 0.29) is 11.6 Å². The number of hydrazine groups is 1. The van der Waals surface area contributed by atoms with Crippen molar-refractivity contribution in [2.75, 3.05) is 36.5 Å². The van der Waals surface area contributed by atoms with Crippen molar-refractivity contribution in [3.63, 3.8) is 0 Å². The molecular weight excluding hydrogens is 446 g/mol. The second-order valence-electron chi connectivity index (χ2n) is 7.51. The molecule has 13 nitrogen and oxygen atoms in total. The van der Waals surface area contributed by atoms with Crippen LogP contribution in [0.4, 0.5) is 11.5 Å². The second kappa shape index (κ2) is 13.3. The number of amides is 2. The Hall–Kier alpha value is -3.49. The number of hydrogen-bond acceptors (Lipinski definition) is 10. The number of nitrogens with two attached hydrogens (primary N) is 1. The number of H-pyrrole nitrogens is 1. The smallest absolute Gasteiger partial charge is 0.263 e. The van der Waals surface area contributed by atoms with Crippen LogP contribution in [-0.2, 0) is 19.8 Å². The summed E-state index contributed by atoms with van der Waals surface area (Å²) in [7, 11) is 0. The molecule has 0 saturated carbocycles. The molecule has 2 rings (SSSR count). The van der Waals surface area contributed by atoms with Crippen LogP contribution in [-0.4, -0.2) is 60.6 Å². The molecule has 0 aliphatic rings. The zero-order chi connectivity index (χ0) is 25.1. The van der Waals surface area contributed by atoms with Gasteiger partial charge in [0.2, 0.25) is 5.91 Å². The molecule has 0 atom stereocenters. The van der Waals surface area contributed by atoms with E-state index in [0.29, 0.717) is 30.9 Å². The lowest BCUT2D eigenvalue weighted by atomic mass is 9.99. The highest BCUT2D eigenvalue weighted by Crippen LogP contribution is 2.30. The Kier molecular flexibility index (Phi) is 10.4. The van der Waals surface area contributed by atoms with Crippen molar-refractivity contribution in [1.82, 2.24) is 15.8 Å². The van der Waals surface area contributed by atoms with Crippen molar-refractivity contribution in [2.45, 2.75) is 26.8 Å². The number of nitrogens with one attached hydrogen (secondary N) is 5. The van der Waals surface area contributed by atoms with Crippen LogP contribution in [0.2, 0.25) is 0 Å². The molecule has 1 aromatic heterocycles. The lowest BCUT2D eigenvalue weighted by Crippen LogP contribution is -2.43. The van der Waals surface area contributed by atoms with Gasteiger partial charge in [-0.2, -0.15) is 4.89 Å². The van der Waals surface area contributed by atoms with E-state index in [0.717, 1.165) is 23.3 Å². The number of primary amides is 1. The number of aromatic amines is 1. The standard InChI is InChI=1S/C21H31N7O6/c1-4-28(8-7-24-27-20(29)12-32-34-33-31)19-6-5-17(26-19)14-9-15(21(23)30)16(11-22)18(10-14)25-13(2)3/h5-6,9-11,13,22,24-26,31H,4,7-8,12H2,1-3H3,(H2,23,30)(H,27,29). The quantitative estimate of drug-likeness (QED) is 0.0861. The number of likely N-dealkylation sites (N-methyl/N-ethyl adjacent to an activating group) is 1. The fraction of sp³-hybridized carbons (Fsp3) is 0.381. The Morgan fingerprint density at radius 3 is 2.71 bits per heavy atom. The Balaban J connectivity index is 2.12. The van der Waals surface area contributed by atoms with Crippen molar-refractivity contribution in [2.24, 2.45) is 5.73 Å². The van der Waals surface area contributed by atoms with E-state index in [1.54, 1.807) is 6.07 Å². The predicted octanol–water partition coefficient (Wildman–Crippen LogP) is 1.40. The summed E-state index contributed by atoms with van der Waals surface area (Å²) < 4.78 is 0. The third-order valence-electron chi connectivity index (χ3n) is 4.74. The highest BCUT2D eigenvalue weighted by molar-refractivity contribution is 6.05. The summed E-state index contributed by atoms with van der Waals surface area (Å²) in [6.45, 7) is 7.14. The van der Waals surface area contributed by atoms with E-state index in [2.05, 4.69) is 41.0 Å². The van der Waals surface area contributed by atoms with Crippen LogP contribution in [0.25, 0.3) is 11.3 Å². The monoisotopic (exact) mass is 477 g/mol. The Bertz CT molecular complexity index is 979. The molecule has 1 heterocycles. The molecule has 2 aromatic rings. The molecule has 0 radical (unpaired) electrons. The van der Waals surface area contributed by atoms with Gasteiger partial charge < -0.3 is 26.3 Å². The molecule has 34 heavy (non-hydrogen) atoms. The van der Waals surface area contributed by atoms with E-state index >= 15 is 0 Å². The summed E-state index contributed by atoms with van der Waals surface area (Å²) >= 11 is 0. The SMILES string of the molecule is CCN(CCNNC(=O)COOOO)c1ccc(-c2cc(NC(C)C)c(C=N)c(C(N)=O)c2)[nH]1. The summed E-state index contributed by atoms with van der Waals surface area (Å²) in [5.74, 6) is -0.285. The summed E-state index contributed by atoms with van der Waals surface area (Å²) in [5, 5.41) is 25.9. The number of anilines is 2. The van der Waals surface area contributed by atoms with Gasteiger partial charge in [0.1, 0.15) is 5.82 Å². The van der Waals surface area contributed by atoms with Crippen LogP contribution in [0.3, 0.4) is 0 Å². The van der Waals surface area contributed by atoms with Gasteiger partial charge in [-0.25, -0.2) is 10.7 Å². The van der Waals surface area contributed by atoms with Gasteiger partial charge in [-0.1, -0.05) is 0 Å². The highest BCUT2D eigenvalue weighted by atomic mass is 17.6. The number of nitrogens with zero attached hydrogens (tertiary/aromatic N) is 1. The van der Waals surface area contributed by atoms with Crippen molar-refractivity contribution in [3.8, 4) is 11.3 Å². The molecule has 0 fully saturated rings. The normalized spacial score (nSPS) is 10.9. The molecule has 1 aromatic carbocycles. The number of aromatic nitrogens is 1. The van der Waals surface area contributed by atoms with E-state index in [1.165, 1.54) is 0 Å². The van der Waals surface area contributed by atoms with Gasteiger partial charge in [-0.3, -0.25) is 15.0 Å². The molecule has 13 heteroatoms. The molecule has 2 amide bonds. The first-order valence-electron chi connectivity index (χ1n) is 10.6. The number of carbonyl (C=O) groups is 2. The maximum atomic E-state index is 12.0. The molecule has 0 saturated heterocycles. The minimum absolute atomic E-state index is 0.0968. The average molecular weight is 478 g/mol.